The molecule has 2 heterocycles. The molecular weight excluding hydrogens is 322 g/mol. The number of ether oxygens (including phenoxy) is 2. The fourth-order valence-corrected chi connectivity index (χ4v) is 2.80. The number of benzene rings is 1. The highest BCUT2D eigenvalue weighted by molar-refractivity contribution is 5.98. The van der Waals surface area contributed by atoms with Crippen molar-refractivity contribution in [2.45, 2.75) is 19.4 Å². The molecule has 0 atom stereocenters. The molecule has 1 aliphatic heterocycles. The Morgan fingerprint density at radius 3 is 2.64 bits per heavy atom. The first-order chi connectivity index (χ1) is 12.1. The second-order valence-electron chi connectivity index (χ2n) is 5.59. The van der Waals surface area contributed by atoms with Crippen LogP contribution in [0.15, 0.2) is 42.2 Å². The van der Waals surface area contributed by atoms with Gasteiger partial charge in [0.2, 0.25) is 0 Å². The van der Waals surface area contributed by atoms with E-state index in [9.17, 15) is 9.59 Å². The summed E-state index contributed by atoms with van der Waals surface area (Å²) in [5.41, 5.74) is 2.79. The van der Waals surface area contributed by atoms with Gasteiger partial charge >= 0.3 is 11.9 Å². The van der Waals surface area contributed by atoms with E-state index in [1.807, 2.05) is 30.5 Å². The molecule has 0 aliphatic carbocycles. The van der Waals surface area contributed by atoms with E-state index in [0.717, 1.165) is 42.5 Å². The minimum absolute atomic E-state index is 0.00680. The number of nitrogens with zero attached hydrogens (tertiary/aromatic N) is 2. The molecule has 0 fully saturated rings. The molecule has 1 aromatic carbocycles. The van der Waals surface area contributed by atoms with Gasteiger partial charge in [-0.2, -0.15) is 0 Å². The number of rotatable bonds is 5. The predicted octanol–water partition coefficient (Wildman–Crippen LogP) is 2.14. The summed E-state index contributed by atoms with van der Waals surface area (Å²) in [6.07, 6.45) is 5.08. The van der Waals surface area contributed by atoms with E-state index >= 15 is 0 Å². The van der Waals surface area contributed by atoms with Crippen LogP contribution in [0.3, 0.4) is 0 Å². The van der Waals surface area contributed by atoms with Gasteiger partial charge in [-0.05, 0) is 24.1 Å². The van der Waals surface area contributed by atoms with Crippen LogP contribution in [0.5, 0.6) is 0 Å². The lowest BCUT2D eigenvalue weighted by molar-refractivity contribution is -0.138. The third-order valence-electron chi connectivity index (χ3n) is 4.05. The Morgan fingerprint density at radius 1 is 1.20 bits per heavy atom. The van der Waals surface area contributed by atoms with Crippen LogP contribution >= 0.6 is 0 Å². The molecule has 0 amide bonds. The fraction of sp³-hybridized carbons (Fsp3) is 0.278. The molecule has 0 bridgehead atoms. The zero-order valence-electron chi connectivity index (χ0n) is 14.1. The molecule has 130 valence electrons. The molecule has 0 unspecified atom stereocenters. The van der Waals surface area contributed by atoms with Crippen molar-refractivity contribution < 1.29 is 19.1 Å². The van der Waals surface area contributed by atoms with Crippen LogP contribution in [-0.4, -0.2) is 35.7 Å². The number of esters is 2. The summed E-state index contributed by atoms with van der Waals surface area (Å²) in [6, 6.07) is 7.55. The number of methoxy groups -OCH3 is 2. The van der Waals surface area contributed by atoms with E-state index in [4.69, 9.17) is 0 Å². The summed E-state index contributed by atoms with van der Waals surface area (Å²) >= 11 is 0. The van der Waals surface area contributed by atoms with Gasteiger partial charge in [-0.15, -0.1) is 0 Å². The fourth-order valence-electron chi connectivity index (χ4n) is 2.80. The van der Waals surface area contributed by atoms with E-state index in [1.165, 1.54) is 14.2 Å². The standard InChI is InChI=1S/C18H19N3O4/c1-24-17(22)10-14(18(23)25-2)20-13-7-5-12(6-8-13)15-11-19-16-4-3-9-21(15)16/h5-8,10-11,20H,3-4,9H2,1-2H3/b14-10+. The Bertz CT molecular complexity index is 821. The molecular formula is C18H19N3O4. The van der Waals surface area contributed by atoms with Crippen molar-refractivity contribution in [3.63, 3.8) is 0 Å². The quantitative estimate of drug-likeness (QED) is 0.663. The van der Waals surface area contributed by atoms with Gasteiger partial charge in [-0.1, -0.05) is 12.1 Å². The van der Waals surface area contributed by atoms with E-state index in [-0.39, 0.29) is 5.70 Å². The van der Waals surface area contributed by atoms with Gasteiger partial charge in [0.05, 0.1) is 32.2 Å². The highest BCUT2D eigenvalue weighted by atomic mass is 16.5. The molecule has 7 heteroatoms. The summed E-state index contributed by atoms with van der Waals surface area (Å²) in [6.45, 7) is 0.985. The lowest BCUT2D eigenvalue weighted by Gasteiger charge is -2.10. The zero-order chi connectivity index (χ0) is 17.8. The van der Waals surface area contributed by atoms with Crippen molar-refractivity contribution in [2.75, 3.05) is 19.5 Å². The van der Waals surface area contributed by atoms with Gasteiger partial charge in [-0.3, -0.25) is 0 Å². The molecule has 1 N–H and O–H groups in total. The summed E-state index contributed by atoms with van der Waals surface area (Å²) in [5.74, 6) is -0.173. The Morgan fingerprint density at radius 2 is 1.96 bits per heavy atom. The summed E-state index contributed by atoms with van der Waals surface area (Å²) < 4.78 is 11.4. The number of aromatic nitrogens is 2. The van der Waals surface area contributed by atoms with Gasteiger partial charge in [0.25, 0.3) is 0 Å². The maximum Gasteiger partial charge on any atom is 0.354 e. The van der Waals surface area contributed by atoms with Crippen molar-refractivity contribution in [2.24, 2.45) is 0 Å². The summed E-state index contributed by atoms with van der Waals surface area (Å²) in [5, 5.41) is 2.88. The smallest absolute Gasteiger partial charge is 0.354 e. The molecule has 0 saturated heterocycles. The minimum Gasteiger partial charge on any atom is -0.466 e. The van der Waals surface area contributed by atoms with Crippen molar-refractivity contribution >= 4 is 17.6 Å². The first-order valence-electron chi connectivity index (χ1n) is 7.92. The maximum absolute atomic E-state index is 11.8. The number of nitrogens with one attached hydrogen (secondary N) is 1. The van der Waals surface area contributed by atoms with E-state index in [0.29, 0.717) is 5.69 Å². The van der Waals surface area contributed by atoms with Gasteiger partial charge in [-0.25, -0.2) is 14.6 Å². The third-order valence-corrected chi connectivity index (χ3v) is 4.05. The number of carbonyl (C=O) groups excluding carboxylic acids is 2. The van der Waals surface area contributed by atoms with Crippen LogP contribution in [0.1, 0.15) is 12.2 Å². The van der Waals surface area contributed by atoms with E-state index in [2.05, 4.69) is 24.3 Å². The number of fused-ring (bicyclic) bond motifs is 1. The summed E-state index contributed by atoms with van der Waals surface area (Å²) in [7, 11) is 2.49. The van der Waals surface area contributed by atoms with Crippen LogP contribution in [0.25, 0.3) is 11.3 Å². The molecule has 1 aromatic heterocycles. The topological polar surface area (TPSA) is 82.5 Å². The Labute approximate surface area is 145 Å². The van der Waals surface area contributed by atoms with Crippen molar-refractivity contribution in [3.05, 3.63) is 48.1 Å². The van der Waals surface area contributed by atoms with Gasteiger partial charge < -0.3 is 19.4 Å². The molecule has 0 radical (unpaired) electrons. The largest absolute Gasteiger partial charge is 0.466 e. The van der Waals surface area contributed by atoms with Gasteiger partial charge in [0.1, 0.15) is 11.5 Å². The first kappa shape index (κ1) is 16.8. The zero-order valence-corrected chi connectivity index (χ0v) is 14.1. The van der Waals surface area contributed by atoms with Gasteiger partial charge in [0.15, 0.2) is 0 Å². The Kier molecular flexibility index (Phi) is 4.83. The molecule has 0 saturated carbocycles. The molecule has 0 spiro atoms. The third kappa shape index (κ3) is 3.55. The van der Waals surface area contributed by atoms with Crippen molar-refractivity contribution in [1.82, 2.24) is 9.55 Å². The lowest BCUT2D eigenvalue weighted by atomic mass is 10.1. The summed E-state index contributed by atoms with van der Waals surface area (Å²) in [4.78, 5) is 27.6. The monoisotopic (exact) mass is 341 g/mol. The van der Waals surface area contributed by atoms with Crippen LogP contribution in [0, 0.1) is 0 Å². The maximum atomic E-state index is 11.8. The van der Waals surface area contributed by atoms with Crippen LogP contribution in [-0.2, 0) is 32.0 Å². The number of hydrogen-bond acceptors (Lipinski definition) is 6. The molecule has 1 aliphatic rings. The highest BCUT2D eigenvalue weighted by Gasteiger charge is 2.17. The van der Waals surface area contributed by atoms with Crippen molar-refractivity contribution in [3.8, 4) is 11.3 Å². The molecule has 3 rings (SSSR count). The second-order valence-corrected chi connectivity index (χ2v) is 5.59. The van der Waals surface area contributed by atoms with Crippen LogP contribution < -0.4 is 5.32 Å². The number of imidazole rings is 1. The predicted molar refractivity (Wildman–Crippen MR) is 91.7 cm³/mol. The van der Waals surface area contributed by atoms with E-state index in [1.54, 1.807) is 0 Å². The Balaban J connectivity index is 1.80. The average molecular weight is 341 g/mol. The Hall–Kier alpha value is -3.09. The second kappa shape index (κ2) is 7.21. The lowest BCUT2D eigenvalue weighted by Crippen LogP contribution is -2.15. The molecule has 7 nitrogen and oxygen atoms in total. The van der Waals surface area contributed by atoms with Crippen molar-refractivity contribution in [1.29, 1.82) is 0 Å². The van der Waals surface area contributed by atoms with Crippen LogP contribution in [0.2, 0.25) is 0 Å². The average Bonchev–Trinajstić information content (AvgIpc) is 3.24. The normalized spacial score (nSPS) is 13.3. The SMILES string of the molecule is COC(=O)/C=C(/Nc1ccc(-c2cnc3n2CCC3)cc1)C(=O)OC. The van der Waals surface area contributed by atoms with Gasteiger partial charge in [0, 0.05) is 18.7 Å². The number of carbonyl (C=O) groups is 2. The molecule has 25 heavy (non-hydrogen) atoms. The minimum atomic E-state index is -0.650. The first-order valence-corrected chi connectivity index (χ1v) is 7.92. The number of hydrogen-bond donors (Lipinski definition) is 1. The number of anilines is 1. The highest BCUT2D eigenvalue weighted by Crippen LogP contribution is 2.26. The number of aryl methyl sites for hydroxylation is 1. The van der Waals surface area contributed by atoms with E-state index < -0.39 is 11.9 Å². The molecule has 2 aromatic rings. The van der Waals surface area contributed by atoms with Crippen LogP contribution in [0.4, 0.5) is 5.69 Å².